The first-order chi connectivity index (χ1) is 16.6. The van der Waals surface area contributed by atoms with Gasteiger partial charge in [0.15, 0.2) is 0 Å². The first kappa shape index (κ1) is 24.3. The van der Waals surface area contributed by atoms with E-state index in [0.717, 1.165) is 74.3 Å². The molecule has 0 radical (unpaired) electrons. The van der Waals surface area contributed by atoms with E-state index in [1.165, 1.54) is 10.9 Å². The van der Waals surface area contributed by atoms with Crippen molar-refractivity contribution < 1.29 is 14.3 Å². The van der Waals surface area contributed by atoms with Gasteiger partial charge in [-0.1, -0.05) is 19.1 Å². The summed E-state index contributed by atoms with van der Waals surface area (Å²) < 4.78 is 5.24. The third-order valence-electron chi connectivity index (χ3n) is 6.80. The Labute approximate surface area is 201 Å². The van der Waals surface area contributed by atoms with Crippen molar-refractivity contribution in [2.45, 2.75) is 26.4 Å². The van der Waals surface area contributed by atoms with Crippen molar-refractivity contribution >= 4 is 29.2 Å². The van der Waals surface area contributed by atoms with Crippen LogP contribution in [0, 0.1) is 5.92 Å². The number of fused-ring (bicyclic) bond motifs is 2. The standard InChI is InChI=1S/C27H34N4O3/c1-4-19(16-32)23(22(17-33)18-34-3)13-26-27-21(14-30(26)2)12-24-20(6-5-7-25(24)29-27)15-31-10-8-28-9-11-31/h5-7,12-13,16-17,19,28H,4,8-11,14-15,18H2,1-3H3/b23-22-,26-13-. The van der Waals surface area contributed by atoms with Crippen molar-refractivity contribution in [2.75, 3.05) is 46.9 Å². The van der Waals surface area contributed by atoms with E-state index in [1.54, 1.807) is 7.11 Å². The summed E-state index contributed by atoms with van der Waals surface area (Å²) in [7, 11) is 3.58. The fourth-order valence-corrected chi connectivity index (χ4v) is 4.90. The minimum atomic E-state index is -0.369. The predicted octanol–water partition coefficient (Wildman–Crippen LogP) is 2.79. The lowest BCUT2D eigenvalue weighted by Gasteiger charge is -2.27. The second-order valence-electron chi connectivity index (χ2n) is 9.07. The second-order valence-corrected chi connectivity index (χ2v) is 9.07. The molecule has 0 aliphatic carbocycles. The highest BCUT2D eigenvalue weighted by atomic mass is 16.5. The lowest BCUT2D eigenvalue weighted by Crippen LogP contribution is -2.42. The maximum Gasteiger partial charge on any atom is 0.148 e. The average molecular weight is 463 g/mol. The van der Waals surface area contributed by atoms with Crippen molar-refractivity contribution in [3.8, 4) is 0 Å². The summed E-state index contributed by atoms with van der Waals surface area (Å²) in [6, 6.07) is 8.61. The topological polar surface area (TPSA) is 74.8 Å². The SMILES string of the molecule is CCC(C=O)C(/C=C1/c2nc3cccc(CN4CCNCC4)c3cc2CN1C)=C(/C=O)COC. The van der Waals surface area contributed by atoms with E-state index < -0.39 is 0 Å². The molecule has 1 N–H and O–H groups in total. The maximum atomic E-state index is 11.8. The first-order valence-electron chi connectivity index (χ1n) is 12.0. The molecule has 180 valence electrons. The molecule has 1 aromatic carbocycles. The van der Waals surface area contributed by atoms with Gasteiger partial charge < -0.3 is 19.7 Å². The van der Waals surface area contributed by atoms with Gasteiger partial charge in [-0.3, -0.25) is 9.69 Å². The number of allylic oxidation sites excluding steroid dienone is 2. The van der Waals surface area contributed by atoms with Gasteiger partial charge in [0.25, 0.3) is 0 Å². The van der Waals surface area contributed by atoms with Crippen molar-refractivity contribution in [3.63, 3.8) is 0 Å². The van der Waals surface area contributed by atoms with Crippen molar-refractivity contribution in [2.24, 2.45) is 5.92 Å². The maximum absolute atomic E-state index is 11.8. The third-order valence-corrected chi connectivity index (χ3v) is 6.80. The van der Waals surface area contributed by atoms with Crippen LogP contribution in [0.5, 0.6) is 0 Å². The molecule has 1 unspecified atom stereocenters. The van der Waals surface area contributed by atoms with Gasteiger partial charge >= 0.3 is 0 Å². The number of piperazine rings is 1. The highest BCUT2D eigenvalue weighted by Crippen LogP contribution is 2.35. The van der Waals surface area contributed by atoms with Crippen LogP contribution in [0.1, 0.15) is 30.2 Å². The number of hydrogen-bond acceptors (Lipinski definition) is 7. The molecule has 3 heterocycles. The van der Waals surface area contributed by atoms with E-state index in [4.69, 9.17) is 9.72 Å². The molecular weight excluding hydrogens is 428 g/mol. The Kier molecular flexibility index (Phi) is 7.88. The quantitative estimate of drug-likeness (QED) is 0.454. The molecule has 1 fully saturated rings. The number of carbonyl (C=O) groups is 2. The molecule has 2 aromatic rings. The third kappa shape index (κ3) is 4.97. The molecule has 0 amide bonds. The minimum absolute atomic E-state index is 0.171. The van der Waals surface area contributed by atoms with Crippen LogP contribution in [0.4, 0.5) is 0 Å². The predicted molar refractivity (Wildman–Crippen MR) is 134 cm³/mol. The number of aromatic nitrogens is 1. The number of nitrogens with one attached hydrogen (secondary N) is 1. The zero-order valence-electron chi connectivity index (χ0n) is 20.3. The Morgan fingerprint density at radius 1 is 1.26 bits per heavy atom. The zero-order chi connectivity index (χ0) is 24.1. The summed E-state index contributed by atoms with van der Waals surface area (Å²) in [5.74, 6) is -0.369. The van der Waals surface area contributed by atoms with Crippen LogP contribution in [0.2, 0.25) is 0 Å². The van der Waals surface area contributed by atoms with Crippen molar-refractivity contribution in [1.82, 2.24) is 20.1 Å². The number of rotatable bonds is 9. The van der Waals surface area contributed by atoms with Crippen LogP contribution < -0.4 is 5.32 Å². The molecule has 1 saturated heterocycles. The molecule has 4 rings (SSSR count). The number of ether oxygens (including phenoxy) is 1. The van der Waals surface area contributed by atoms with Gasteiger partial charge in [-0.2, -0.15) is 0 Å². The Bertz CT molecular complexity index is 1120. The fourth-order valence-electron chi connectivity index (χ4n) is 4.90. The monoisotopic (exact) mass is 462 g/mol. The summed E-state index contributed by atoms with van der Waals surface area (Å²) in [6.45, 7) is 7.93. The van der Waals surface area contributed by atoms with Gasteiger partial charge in [0.1, 0.15) is 12.6 Å². The highest BCUT2D eigenvalue weighted by Gasteiger charge is 2.26. The van der Waals surface area contributed by atoms with Crippen LogP contribution in [-0.2, 0) is 27.4 Å². The molecule has 0 bridgehead atoms. The van der Waals surface area contributed by atoms with Crippen LogP contribution in [0.25, 0.3) is 16.6 Å². The van der Waals surface area contributed by atoms with E-state index in [1.807, 2.05) is 20.0 Å². The molecule has 2 aliphatic heterocycles. The number of nitrogens with zero attached hydrogens (tertiary/aromatic N) is 3. The van der Waals surface area contributed by atoms with Gasteiger partial charge in [0.2, 0.25) is 0 Å². The van der Waals surface area contributed by atoms with Crippen LogP contribution in [0.3, 0.4) is 0 Å². The van der Waals surface area contributed by atoms with E-state index in [-0.39, 0.29) is 12.5 Å². The van der Waals surface area contributed by atoms with Gasteiger partial charge in [0.05, 0.1) is 23.5 Å². The average Bonchev–Trinajstić information content (AvgIpc) is 3.16. The molecule has 1 atom stereocenters. The molecule has 7 nitrogen and oxygen atoms in total. The van der Waals surface area contributed by atoms with E-state index in [9.17, 15) is 9.59 Å². The molecule has 0 spiro atoms. The molecule has 34 heavy (non-hydrogen) atoms. The zero-order valence-corrected chi connectivity index (χ0v) is 20.3. The van der Waals surface area contributed by atoms with E-state index >= 15 is 0 Å². The first-order valence-corrected chi connectivity index (χ1v) is 12.0. The van der Waals surface area contributed by atoms with Crippen molar-refractivity contribution in [3.05, 3.63) is 58.3 Å². The Balaban J connectivity index is 1.77. The Hall–Kier alpha value is -2.87. The van der Waals surface area contributed by atoms with Gasteiger partial charge in [-0.15, -0.1) is 0 Å². The number of pyridine rings is 1. The van der Waals surface area contributed by atoms with Crippen LogP contribution >= 0.6 is 0 Å². The smallest absolute Gasteiger partial charge is 0.148 e. The largest absolute Gasteiger partial charge is 0.380 e. The number of benzene rings is 1. The van der Waals surface area contributed by atoms with Crippen LogP contribution in [-0.4, -0.2) is 74.3 Å². The number of aldehydes is 2. The molecule has 0 saturated carbocycles. The molecule has 7 heteroatoms. The molecule has 2 aliphatic rings. The Morgan fingerprint density at radius 3 is 2.74 bits per heavy atom. The fraction of sp³-hybridized carbons (Fsp3) is 0.444. The number of hydrogen-bond donors (Lipinski definition) is 1. The molecular formula is C27H34N4O3. The summed E-state index contributed by atoms with van der Waals surface area (Å²) in [5.41, 5.74) is 6.46. The second kappa shape index (κ2) is 11.0. The lowest BCUT2D eigenvalue weighted by atomic mass is 9.92. The summed E-state index contributed by atoms with van der Waals surface area (Å²) in [5, 5.41) is 4.60. The Morgan fingerprint density at radius 2 is 2.06 bits per heavy atom. The molecule has 1 aromatic heterocycles. The minimum Gasteiger partial charge on any atom is -0.380 e. The van der Waals surface area contributed by atoms with E-state index in [2.05, 4.69) is 39.4 Å². The summed E-state index contributed by atoms with van der Waals surface area (Å²) in [4.78, 5) is 33.3. The number of carbonyl (C=O) groups excluding carboxylic acids is 2. The van der Waals surface area contributed by atoms with Crippen molar-refractivity contribution in [1.29, 1.82) is 0 Å². The van der Waals surface area contributed by atoms with Gasteiger partial charge in [-0.25, -0.2) is 4.98 Å². The summed E-state index contributed by atoms with van der Waals surface area (Å²) in [6.07, 6.45) is 4.28. The van der Waals surface area contributed by atoms with E-state index in [0.29, 0.717) is 17.6 Å². The van der Waals surface area contributed by atoms with Gasteiger partial charge in [0, 0.05) is 70.3 Å². The lowest BCUT2D eigenvalue weighted by molar-refractivity contribution is -0.110. The number of methoxy groups -OCH3 is 1. The summed E-state index contributed by atoms with van der Waals surface area (Å²) >= 11 is 0. The normalized spacial score (nSPS) is 19.3. The van der Waals surface area contributed by atoms with Gasteiger partial charge in [-0.05, 0) is 41.3 Å². The highest BCUT2D eigenvalue weighted by molar-refractivity contribution is 5.87. The van der Waals surface area contributed by atoms with Crippen LogP contribution in [0.15, 0.2) is 41.5 Å².